The minimum Gasteiger partial charge on any atom is -0.459 e. The van der Waals surface area contributed by atoms with Crippen LogP contribution in [0, 0.1) is 0 Å². The van der Waals surface area contributed by atoms with Gasteiger partial charge < -0.3 is 52.1 Å². The van der Waals surface area contributed by atoms with Crippen LogP contribution in [-0.4, -0.2) is 104 Å². The highest BCUT2D eigenvalue weighted by atomic mass is 16.9. The second kappa shape index (κ2) is 17.9. The average Bonchev–Trinajstić information content (AvgIpc) is 3.89. The van der Waals surface area contributed by atoms with E-state index in [1.54, 1.807) is 119 Å². The molecule has 0 spiro atoms. The molecule has 14 nitrogen and oxygen atoms in total. The fourth-order valence-electron chi connectivity index (χ4n) is 7.68. The molecule has 8 rings (SSSR count). The second-order valence-electron chi connectivity index (χ2n) is 15.8. The van der Waals surface area contributed by atoms with Crippen LogP contribution in [-0.2, 0) is 58.7 Å². The fraction of sp³-hybridized carbons (Fsp3) is 0.413. The lowest BCUT2D eigenvalue weighted by Crippen LogP contribution is -2.64. The van der Waals surface area contributed by atoms with Crippen LogP contribution in [0.15, 0.2) is 121 Å². The molecule has 0 radical (unpaired) electrons. The van der Waals surface area contributed by atoms with E-state index in [9.17, 15) is 14.4 Å². The summed E-state index contributed by atoms with van der Waals surface area (Å²) in [7, 11) is 0. The van der Waals surface area contributed by atoms with E-state index in [-0.39, 0.29) is 24.3 Å². The monoisotopic (exact) mass is 824 g/mol. The molecule has 14 heteroatoms. The van der Waals surface area contributed by atoms with Gasteiger partial charge in [-0.25, -0.2) is 14.4 Å². The highest BCUT2D eigenvalue weighted by Crippen LogP contribution is 2.44. The van der Waals surface area contributed by atoms with Gasteiger partial charge in [-0.3, -0.25) is 0 Å². The van der Waals surface area contributed by atoms with Crippen LogP contribution in [0.3, 0.4) is 0 Å². The normalized spacial score (nSPS) is 30.3. The first-order chi connectivity index (χ1) is 28.9. The Bertz CT molecular complexity index is 2060. The Hall–Kier alpha value is -5.03. The predicted molar refractivity (Wildman–Crippen MR) is 210 cm³/mol. The summed E-state index contributed by atoms with van der Waals surface area (Å²) in [6, 6.07) is 34.6. The Labute approximate surface area is 347 Å². The molecular formula is C46H48O14. The van der Waals surface area contributed by atoms with Crippen LogP contribution in [0.25, 0.3) is 0 Å². The first kappa shape index (κ1) is 41.7. The number of carbonyl (C=O) groups excluding carboxylic acids is 3. The lowest BCUT2D eigenvalue weighted by Gasteiger charge is -2.46. The van der Waals surface area contributed by atoms with E-state index in [0.717, 1.165) is 5.56 Å². The zero-order valence-electron chi connectivity index (χ0n) is 33.7. The molecule has 4 heterocycles. The number of esters is 3. The van der Waals surface area contributed by atoms with Gasteiger partial charge in [0, 0.05) is 0 Å². The SMILES string of the molecule is CC1(C)O[C@H]2O[C@@H]([C@H]3COC(C)(C)O3)[C@H](O[C@@H]3O[C@H](COC(=O)c4ccccc4)[C@@H](OC(=O)c4ccccc4)[C@H](OCc4ccccc4)[C@H]3OC(=O)c3ccccc3)[C@H]2O1. The molecule has 4 aromatic rings. The molecule has 4 saturated heterocycles. The zero-order valence-corrected chi connectivity index (χ0v) is 33.7. The van der Waals surface area contributed by atoms with E-state index in [2.05, 4.69) is 0 Å². The van der Waals surface area contributed by atoms with E-state index < -0.39 is 97.5 Å². The van der Waals surface area contributed by atoms with Crippen molar-refractivity contribution in [3.63, 3.8) is 0 Å². The molecule has 4 aliphatic heterocycles. The lowest BCUT2D eigenvalue weighted by molar-refractivity contribution is -0.329. The summed E-state index contributed by atoms with van der Waals surface area (Å²) in [4.78, 5) is 41.4. The largest absolute Gasteiger partial charge is 0.459 e. The van der Waals surface area contributed by atoms with Gasteiger partial charge in [-0.2, -0.15) is 0 Å². The summed E-state index contributed by atoms with van der Waals surface area (Å²) in [5, 5.41) is 0. The van der Waals surface area contributed by atoms with Crippen molar-refractivity contribution < 1.29 is 66.5 Å². The van der Waals surface area contributed by atoms with Gasteiger partial charge >= 0.3 is 17.9 Å². The zero-order chi connectivity index (χ0) is 41.9. The maximum atomic E-state index is 14.1. The standard InChI is InChI=1S/C46H48O14/c1-45(2)52-27-33(58-45)35-37(39-44(56-35)60-46(3,4)59-39)57-43-38(55-42(49)31-23-15-8-16-24-31)36(50-25-28-17-9-5-10-18-28)34(54-41(48)30-21-13-7-14-22-30)32(53-43)26-51-40(47)29-19-11-6-12-20-29/h5-24,32-39,43-44H,25-27H2,1-4H3/t32-,33-,34-,35+,36+,37+,38-,39-,43+,44-/m1/s1. The molecule has 4 aliphatic rings. The molecular weight excluding hydrogens is 776 g/mol. The number of carbonyl (C=O) groups is 3. The van der Waals surface area contributed by atoms with Crippen LogP contribution < -0.4 is 0 Å². The summed E-state index contributed by atoms with van der Waals surface area (Å²) in [6.45, 7) is 6.88. The van der Waals surface area contributed by atoms with Crippen molar-refractivity contribution in [1.82, 2.24) is 0 Å². The molecule has 0 aromatic heterocycles. The molecule has 0 unspecified atom stereocenters. The molecule has 10 atom stereocenters. The third-order valence-corrected chi connectivity index (χ3v) is 10.5. The molecule has 4 aromatic carbocycles. The van der Waals surface area contributed by atoms with Crippen molar-refractivity contribution in [1.29, 1.82) is 0 Å². The Morgan fingerprint density at radius 1 is 0.583 bits per heavy atom. The predicted octanol–water partition coefficient (Wildman–Crippen LogP) is 6.02. The maximum Gasteiger partial charge on any atom is 0.338 e. The average molecular weight is 825 g/mol. The fourth-order valence-corrected chi connectivity index (χ4v) is 7.68. The Balaban J connectivity index is 1.19. The van der Waals surface area contributed by atoms with Crippen molar-refractivity contribution >= 4 is 17.9 Å². The smallest absolute Gasteiger partial charge is 0.338 e. The quantitative estimate of drug-likeness (QED) is 0.114. The van der Waals surface area contributed by atoms with Crippen LogP contribution in [0.1, 0.15) is 64.3 Å². The van der Waals surface area contributed by atoms with Crippen molar-refractivity contribution in [2.75, 3.05) is 13.2 Å². The van der Waals surface area contributed by atoms with Crippen LogP contribution in [0.4, 0.5) is 0 Å². The molecule has 0 N–H and O–H groups in total. The molecule has 60 heavy (non-hydrogen) atoms. The van der Waals surface area contributed by atoms with Gasteiger partial charge in [0.05, 0.1) is 29.9 Å². The number of benzene rings is 4. The molecule has 316 valence electrons. The third-order valence-electron chi connectivity index (χ3n) is 10.5. The number of hydrogen-bond donors (Lipinski definition) is 0. The molecule has 0 aliphatic carbocycles. The minimum atomic E-state index is -1.46. The summed E-state index contributed by atoms with van der Waals surface area (Å²) < 4.78 is 69.8. The highest BCUT2D eigenvalue weighted by molar-refractivity contribution is 5.90. The number of hydrogen-bond acceptors (Lipinski definition) is 14. The van der Waals surface area contributed by atoms with Gasteiger partial charge in [0.15, 0.2) is 36.4 Å². The second-order valence-corrected chi connectivity index (χ2v) is 15.8. The first-order valence-electron chi connectivity index (χ1n) is 20.0. The highest BCUT2D eigenvalue weighted by Gasteiger charge is 2.61. The van der Waals surface area contributed by atoms with E-state index in [0.29, 0.717) is 5.56 Å². The molecule has 0 amide bonds. The maximum absolute atomic E-state index is 14.1. The van der Waals surface area contributed by atoms with Gasteiger partial charge in [0.25, 0.3) is 0 Å². The number of rotatable bonds is 13. The minimum absolute atomic E-state index is 0.000858. The summed E-state index contributed by atoms with van der Waals surface area (Å²) in [6.07, 6.45) is -10.7. The Kier molecular flexibility index (Phi) is 12.4. The van der Waals surface area contributed by atoms with Crippen molar-refractivity contribution in [3.8, 4) is 0 Å². The molecule has 4 fully saturated rings. The molecule has 0 bridgehead atoms. The first-order valence-corrected chi connectivity index (χ1v) is 20.0. The van der Waals surface area contributed by atoms with Gasteiger partial charge in [-0.1, -0.05) is 84.9 Å². The van der Waals surface area contributed by atoms with E-state index >= 15 is 0 Å². The van der Waals surface area contributed by atoms with Crippen LogP contribution in [0.5, 0.6) is 0 Å². The Morgan fingerprint density at radius 2 is 1.13 bits per heavy atom. The van der Waals surface area contributed by atoms with Gasteiger partial charge in [-0.15, -0.1) is 0 Å². The number of ether oxygens (including phenoxy) is 11. The van der Waals surface area contributed by atoms with E-state index in [4.69, 9.17) is 52.1 Å². The van der Waals surface area contributed by atoms with Gasteiger partial charge in [0.2, 0.25) is 0 Å². The van der Waals surface area contributed by atoms with E-state index in [1.807, 2.05) is 30.3 Å². The topological polar surface area (TPSA) is 153 Å². The van der Waals surface area contributed by atoms with Gasteiger partial charge in [0.1, 0.15) is 43.2 Å². The van der Waals surface area contributed by atoms with Crippen molar-refractivity contribution in [2.45, 2.75) is 107 Å². The van der Waals surface area contributed by atoms with Crippen molar-refractivity contribution in [2.24, 2.45) is 0 Å². The van der Waals surface area contributed by atoms with Crippen LogP contribution >= 0.6 is 0 Å². The lowest BCUT2D eigenvalue weighted by atomic mass is 9.97. The molecule has 0 saturated carbocycles. The summed E-state index contributed by atoms with van der Waals surface area (Å²) in [5.74, 6) is -4.02. The van der Waals surface area contributed by atoms with Crippen molar-refractivity contribution in [3.05, 3.63) is 144 Å². The van der Waals surface area contributed by atoms with E-state index in [1.165, 1.54) is 0 Å². The Morgan fingerprint density at radius 3 is 1.70 bits per heavy atom. The summed E-state index contributed by atoms with van der Waals surface area (Å²) >= 11 is 0. The van der Waals surface area contributed by atoms with Crippen LogP contribution in [0.2, 0.25) is 0 Å². The van der Waals surface area contributed by atoms with Gasteiger partial charge in [-0.05, 0) is 69.7 Å². The summed E-state index contributed by atoms with van der Waals surface area (Å²) in [5.41, 5.74) is 1.56. The third kappa shape index (κ3) is 9.62. The number of fused-ring (bicyclic) bond motifs is 1.